The molecule has 9 heteroatoms. The number of nitrogens with one attached hydrogen (secondary N) is 3. The van der Waals surface area contributed by atoms with Gasteiger partial charge in [-0.2, -0.15) is 9.61 Å². The van der Waals surface area contributed by atoms with Gasteiger partial charge in [-0.25, -0.2) is 9.97 Å². The van der Waals surface area contributed by atoms with Gasteiger partial charge in [0.2, 0.25) is 5.91 Å². The predicted molar refractivity (Wildman–Crippen MR) is 113 cm³/mol. The lowest BCUT2D eigenvalue weighted by atomic mass is 10.2. The maximum absolute atomic E-state index is 12.2. The summed E-state index contributed by atoms with van der Waals surface area (Å²) in [7, 11) is 3.63. The maximum atomic E-state index is 12.2. The highest BCUT2D eigenvalue weighted by atomic mass is 16.2. The molecule has 4 rings (SSSR count). The quantitative estimate of drug-likeness (QED) is 0.590. The Kier molecular flexibility index (Phi) is 4.79. The summed E-state index contributed by atoms with van der Waals surface area (Å²) in [5.41, 5.74) is 2.90. The summed E-state index contributed by atoms with van der Waals surface area (Å²) in [4.78, 5) is 23.1. The van der Waals surface area contributed by atoms with Gasteiger partial charge in [0.25, 0.3) is 0 Å². The molecule has 150 valence electrons. The summed E-state index contributed by atoms with van der Waals surface area (Å²) in [5.74, 6) is 2.17. The third-order valence-corrected chi connectivity index (χ3v) is 4.97. The van der Waals surface area contributed by atoms with E-state index in [1.165, 1.54) is 0 Å². The fourth-order valence-electron chi connectivity index (χ4n) is 3.41. The third kappa shape index (κ3) is 3.58. The summed E-state index contributed by atoms with van der Waals surface area (Å²) in [6, 6.07) is 7.35. The molecule has 0 aromatic carbocycles. The van der Waals surface area contributed by atoms with Gasteiger partial charge in [0.05, 0.1) is 11.8 Å². The van der Waals surface area contributed by atoms with Gasteiger partial charge >= 0.3 is 0 Å². The number of aromatic nitrogens is 4. The second kappa shape index (κ2) is 7.42. The van der Waals surface area contributed by atoms with Gasteiger partial charge in [0, 0.05) is 38.1 Å². The van der Waals surface area contributed by atoms with Crippen molar-refractivity contribution in [2.75, 3.05) is 31.3 Å². The Morgan fingerprint density at radius 2 is 2.10 bits per heavy atom. The zero-order valence-corrected chi connectivity index (χ0v) is 16.7. The topological polar surface area (TPSA) is 99.5 Å². The Labute approximate surface area is 168 Å². The van der Waals surface area contributed by atoms with Crippen LogP contribution >= 0.6 is 0 Å². The zero-order valence-electron chi connectivity index (χ0n) is 16.7. The lowest BCUT2D eigenvalue weighted by Gasteiger charge is -2.15. The first kappa shape index (κ1) is 18.7. The Hall–Kier alpha value is -3.62. The highest BCUT2D eigenvalue weighted by Crippen LogP contribution is 2.24. The first-order valence-electron chi connectivity index (χ1n) is 9.44. The van der Waals surface area contributed by atoms with Gasteiger partial charge in [-0.05, 0) is 25.5 Å². The highest BCUT2D eigenvalue weighted by molar-refractivity contribution is 5.86. The molecule has 0 aliphatic carbocycles. The van der Waals surface area contributed by atoms with Crippen molar-refractivity contribution in [3.05, 3.63) is 48.3 Å². The standard InChI is InChI=1S/C20H24N8O/c1-12-6-5-7-16(23-12)25-17-10-18(21-3)28-19(26-17)14(11-22-28)13(2)24-15-8-9-27(4)20(15)29/h5-7,10-11,15,21,24H,2,8-9H2,1,3-4H3,(H,23,25,26). The summed E-state index contributed by atoms with van der Waals surface area (Å²) >= 11 is 0. The van der Waals surface area contributed by atoms with Gasteiger partial charge in [-0.3, -0.25) is 4.79 Å². The van der Waals surface area contributed by atoms with Crippen LogP contribution < -0.4 is 16.0 Å². The van der Waals surface area contributed by atoms with Gasteiger partial charge in [0.1, 0.15) is 23.5 Å². The van der Waals surface area contributed by atoms with Gasteiger partial charge in [-0.1, -0.05) is 12.6 Å². The number of rotatable bonds is 6. The Morgan fingerprint density at radius 1 is 1.28 bits per heavy atom. The highest BCUT2D eigenvalue weighted by Gasteiger charge is 2.29. The van der Waals surface area contributed by atoms with E-state index in [4.69, 9.17) is 4.98 Å². The van der Waals surface area contributed by atoms with E-state index >= 15 is 0 Å². The fourth-order valence-corrected chi connectivity index (χ4v) is 3.41. The number of anilines is 3. The van der Waals surface area contributed by atoms with Gasteiger partial charge < -0.3 is 20.9 Å². The van der Waals surface area contributed by atoms with Crippen LogP contribution in [0.1, 0.15) is 17.7 Å². The number of amides is 1. The molecule has 3 N–H and O–H groups in total. The van der Waals surface area contributed by atoms with E-state index < -0.39 is 0 Å². The normalized spacial score (nSPS) is 16.3. The second-order valence-electron chi connectivity index (χ2n) is 7.08. The van der Waals surface area contributed by atoms with Crippen molar-refractivity contribution < 1.29 is 4.79 Å². The SMILES string of the molecule is C=C(NC1CCN(C)C1=O)c1cnn2c(NC)cc(Nc3cccc(C)n3)nc12. The summed E-state index contributed by atoms with van der Waals surface area (Å²) in [6.07, 6.45) is 2.45. The number of carbonyl (C=O) groups is 1. The number of likely N-dealkylation sites (tertiary alicyclic amines) is 1. The number of pyridine rings is 1. The number of nitrogens with zero attached hydrogens (tertiary/aromatic N) is 5. The Morgan fingerprint density at radius 3 is 2.79 bits per heavy atom. The average molecular weight is 392 g/mol. The van der Waals surface area contributed by atoms with E-state index in [1.54, 1.807) is 22.7 Å². The molecule has 0 bridgehead atoms. The van der Waals surface area contributed by atoms with Crippen molar-refractivity contribution >= 4 is 34.7 Å². The number of carbonyl (C=O) groups excluding carboxylic acids is 1. The molecule has 4 heterocycles. The van der Waals surface area contributed by atoms with Crippen molar-refractivity contribution in [1.29, 1.82) is 0 Å². The summed E-state index contributed by atoms with van der Waals surface area (Å²) < 4.78 is 1.71. The molecule has 3 aromatic rings. The fraction of sp³-hybridized carbons (Fsp3) is 0.300. The van der Waals surface area contributed by atoms with Crippen LogP contribution in [-0.4, -0.2) is 57.1 Å². The molecule has 0 radical (unpaired) electrons. The lowest BCUT2D eigenvalue weighted by molar-refractivity contribution is -0.128. The molecule has 1 unspecified atom stereocenters. The second-order valence-corrected chi connectivity index (χ2v) is 7.08. The summed E-state index contributed by atoms with van der Waals surface area (Å²) in [6.45, 7) is 6.79. The lowest BCUT2D eigenvalue weighted by Crippen LogP contribution is -2.35. The molecular weight excluding hydrogens is 368 g/mol. The molecule has 1 atom stereocenters. The van der Waals surface area contributed by atoms with Crippen LogP contribution in [0.15, 0.2) is 37.0 Å². The predicted octanol–water partition coefficient (Wildman–Crippen LogP) is 2.01. The van der Waals surface area contributed by atoms with Crippen LogP contribution in [0.3, 0.4) is 0 Å². The van der Waals surface area contributed by atoms with E-state index in [0.717, 1.165) is 30.0 Å². The largest absolute Gasteiger partial charge is 0.373 e. The van der Waals surface area contributed by atoms with Crippen LogP contribution in [-0.2, 0) is 4.79 Å². The first-order valence-corrected chi connectivity index (χ1v) is 9.44. The zero-order chi connectivity index (χ0) is 20.5. The molecule has 3 aromatic heterocycles. The third-order valence-electron chi connectivity index (χ3n) is 4.97. The summed E-state index contributed by atoms with van der Waals surface area (Å²) in [5, 5.41) is 14.0. The maximum Gasteiger partial charge on any atom is 0.244 e. The number of likely N-dealkylation sites (N-methyl/N-ethyl adjacent to an activating group) is 1. The smallest absolute Gasteiger partial charge is 0.244 e. The van der Waals surface area contributed by atoms with Gasteiger partial charge in [0.15, 0.2) is 5.65 Å². The van der Waals surface area contributed by atoms with Crippen LogP contribution in [0.4, 0.5) is 17.5 Å². The minimum Gasteiger partial charge on any atom is -0.373 e. The van der Waals surface area contributed by atoms with Crippen LogP contribution in [0, 0.1) is 6.92 Å². The monoisotopic (exact) mass is 392 g/mol. The number of hydrogen-bond acceptors (Lipinski definition) is 7. The molecule has 0 saturated carbocycles. The van der Waals surface area contributed by atoms with Crippen LogP contribution in [0.25, 0.3) is 11.3 Å². The van der Waals surface area contributed by atoms with Crippen molar-refractivity contribution in [3.63, 3.8) is 0 Å². The minimum atomic E-state index is -0.274. The van der Waals surface area contributed by atoms with E-state index in [-0.39, 0.29) is 11.9 Å². The van der Waals surface area contributed by atoms with Crippen molar-refractivity contribution in [2.45, 2.75) is 19.4 Å². The molecule has 1 amide bonds. The van der Waals surface area contributed by atoms with E-state index in [1.807, 2.05) is 38.2 Å². The molecular formula is C20H24N8O. The van der Waals surface area contributed by atoms with E-state index in [2.05, 4.69) is 32.6 Å². The van der Waals surface area contributed by atoms with Crippen molar-refractivity contribution in [3.8, 4) is 0 Å². The van der Waals surface area contributed by atoms with Gasteiger partial charge in [-0.15, -0.1) is 0 Å². The van der Waals surface area contributed by atoms with E-state index in [0.29, 0.717) is 23.0 Å². The van der Waals surface area contributed by atoms with E-state index in [9.17, 15) is 4.79 Å². The first-order chi connectivity index (χ1) is 14.0. The molecule has 1 saturated heterocycles. The van der Waals surface area contributed by atoms with Crippen molar-refractivity contribution in [1.82, 2.24) is 29.8 Å². The number of hydrogen-bond donors (Lipinski definition) is 3. The van der Waals surface area contributed by atoms with Crippen molar-refractivity contribution in [2.24, 2.45) is 0 Å². The Bertz CT molecular complexity index is 1090. The molecule has 1 aliphatic heterocycles. The molecule has 9 nitrogen and oxygen atoms in total. The molecule has 1 aliphatic rings. The number of aryl methyl sites for hydroxylation is 1. The molecule has 29 heavy (non-hydrogen) atoms. The minimum absolute atomic E-state index is 0.0689. The average Bonchev–Trinajstić information content (AvgIpc) is 3.26. The Balaban J connectivity index is 1.66. The van der Waals surface area contributed by atoms with Crippen LogP contribution in [0.5, 0.6) is 0 Å². The van der Waals surface area contributed by atoms with Crippen LogP contribution in [0.2, 0.25) is 0 Å². The molecule has 0 spiro atoms. The molecule has 1 fully saturated rings. The number of fused-ring (bicyclic) bond motifs is 1.